The van der Waals surface area contributed by atoms with Gasteiger partial charge < -0.3 is 0 Å². The van der Waals surface area contributed by atoms with Crippen LogP contribution in [-0.2, 0) is 4.79 Å². The number of nitrogens with zero attached hydrogens (tertiary/aromatic N) is 2. The lowest BCUT2D eigenvalue weighted by atomic mass is 10.1. The Balaban J connectivity index is 1.89. The van der Waals surface area contributed by atoms with E-state index in [1.54, 1.807) is 11.8 Å². The minimum atomic E-state index is 0.0637. The number of rotatable bonds is 3. The Labute approximate surface area is 136 Å². The van der Waals surface area contributed by atoms with E-state index in [-0.39, 0.29) is 5.25 Å². The van der Waals surface area contributed by atoms with Crippen LogP contribution >= 0.6 is 11.8 Å². The normalized spacial score (nSPS) is 19.2. The van der Waals surface area contributed by atoms with E-state index in [1.165, 1.54) is 17.5 Å². The average Bonchev–Trinajstić information content (AvgIpc) is 2.86. The molecule has 1 aliphatic carbocycles. The van der Waals surface area contributed by atoms with E-state index in [0.717, 1.165) is 36.5 Å². The summed E-state index contributed by atoms with van der Waals surface area (Å²) in [7, 11) is 0. The van der Waals surface area contributed by atoms with E-state index in [1.807, 2.05) is 12.4 Å². The maximum absolute atomic E-state index is 12.3. The quantitative estimate of drug-likeness (QED) is 0.783. The topological polar surface area (TPSA) is 34.9 Å². The van der Waals surface area contributed by atoms with Crippen molar-refractivity contribution in [1.29, 1.82) is 0 Å². The third-order valence-electron chi connectivity index (χ3n) is 4.44. The summed E-state index contributed by atoms with van der Waals surface area (Å²) < 4.78 is 2.12. The molecule has 1 aromatic heterocycles. The van der Waals surface area contributed by atoms with Gasteiger partial charge in [-0.1, -0.05) is 36.7 Å². The van der Waals surface area contributed by atoms with Gasteiger partial charge in [0.1, 0.15) is 5.78 Å². The first-order valence-electron chi connectivity index (χ1n) is 7.96. The summed E-state index contributed by atoms with van der Waals surface area (Å²) in [5, 5.41) is 0.989. The Morgan fingerprint density at radius 3 is 2.95 bits per heavy atom. The van der Waals surface area contributed by atoms with Gasteiger partial charge >= 0.3 is 0 Å². The number of benzene rings is 1. The minimum absolute atomic E-state index is 0.0637. The molecule has 0 spiro atoms. The first-order valence-corrected chi connectivity index (χ1v) is 8.84. The van der Waals surface area contributed by atoms with Crippen LogP contribution in [0.5, 0.6) is 0 Å². The van der Waals surface area contributed by atoms with E-state index in [9.17, 15) is 4.79 Å². The van der Waals surface area contributed by atoms with Gasteiger partial charge in [-0.05, 0) is 43.9 Å². The molecule has 0 bridgehead atoms. The predicted octanol–water partition coefficient (Wildman–Crippen LogP) is 4.48. The number of carbonyl (C=O) groups excluding carboxylic acids is 1. The van der Waals surface area contributed by atoms with Crippen molar-refractivity contribution in [2.24, 2.45) is 0 Å². The number of hydrogen-bond acceptors (Lipinski definition) is 3. The molecule has 0 amide bonds. The van der Waals surface area contributed by atoms with Crippen molar-refractivity contribution >= 4 is 17.5 Å². The monoisotopic (exact) mass is 314 g/mol. The van der Waals surface area contributed by atoms with Crippen molar-refractivity contribution < 1.29 is 4.79 Å². The second-order valence-electron chi connectivity index (χ2n) is 5.97. The Hall–Kier alpha value is -1.55. The SMILES string of the molecule is Cc1cccc(-n2ccnc2SC2CCCCCC2=O)c1C. The Bertz CT molecular complexity index is 677. The lowest BCUT2D eigenvalue weighted by Gasteiger charge is -2.15. The van der Waals surface area contributed by atoms with Crippen LogP contribution in [0, 0.1) is 13.8 Å². The van der Waals surface area contributed by atoms with Gasteiger partial charge in [0, 0.05) is 18.8 Å². The number of thioether (sulfide) groups is 1. The summed E-state index contributed by atoms with van der Waals surface area (Å²) in [6.07, 6.45) is 8.88. The number of aryl methyl sites for hydroxylation is 1. The maximum Gasteiger partial charge on any atom is 0.173 e. The Kier molecular flexibility index (Phi) is 4.67. The maximum atomic E-state index is 12.3. The van der Waals surface area contributed by atoms with Gasteiger partial charge in [0.15, 0.2) is 5.16 Å². The van der Waals surface area contributed by atoms with Crippen LogP contribution in [0.25, 0.3) is 5.69 Å². The van der Waals surface area contributed by atoms with E-state index in [2.05, 4.69) is 41.6 Å². The smallest absolute Gasteiger partial charge is 0.173 e. The molecular formula is C18H22N2OS. The number of Topliss-reactive ketones (excluding diaryl/α,β-unsaturated/α-hetero) is 1. The van der Waals surface area contributed by atoms with Crippen molar-refractivity contribution in [3.8, 4) is 5.69 Å². The zero-order chi connectivity index (χ0) is 15.5. The van der Waals surface area contributed by atoms with Gasteiger partial charge in [-0.3, -0.25) is 9.36 Å². The largest absolute Gasteiger partial charge is 0.298 e. The van der Waals surface area contributed by atoms with Crippen molar-refractivity contribution in [2.75, 3.05) is 0 Å². The van der Waals surface area contributed by atoms with E-state index >= 15 is 0 Å². The van der Waals surface area contributed by atoms with E-state index in [4.69, 9.17) is 0 Å². The third kappa shape index (κ3) is 3.12. The highest BCUT2D eigenvalue weighted by Crippen LogP contribution is 2.32. The van der Waals surface area contributed by atoms with Crippen LogP contribution in [0.3, 0.4) is 0 Å². The molecule has 1 atom stereocenters. The molecule has 2 aromatic rings. The fourth-order valence-electron chi connectivity index (χ4n) is 2.94. The zero-order valence-corrected chi connectivity index (χ0v) is 14.0. The zero-order valence-electron chi connectivity index (χ0n) is 13.2. The molecule has 0 N–H and O–H groups in total. The summed E-state index contributed by atoms with van der Waals surface area (Å²) in [5.74, 6) is 0.387. The van der Waals surface area contributed by atoms with Crippen LogP contribution in [0.4, 0.5) is 0 Å². The summed E-state index contributed by atoms with van der Waals surface area (Å²) in [5.41, 5.74) is 3.68. The number of hydrogen-bond donors (Lipinski definition) is 0. The fourth-order valence-corrected chi connectivity index (χ4v) is 4.12. The molecule has 3 rings (SSSR count). The van der Waals surface area contributed by atoms with Crippen molar-refractivity contribution in [3.05, 3.63) is 41.7 Å². The van der Waals surface area contributed by atoms with Crippen LogP contribution in [0.15, 0.2) is 35.7 Å². The lowest BCUT2D eigenvalue weighted by molar-refractivity contribution is -0.118. The highest BCUT2D eigenvalue weighted by atomic mass is 32.2. The molecular weight excluding hydrogens is 292 g/mol. The fraction of sp³-hybridized carbons (Fsp3) is 0.444. The van der Waals surface area contributed by atoms with Crippen LogP contribution < -0.4 is 0 Å². The molecule has 4 heteroatoms. The van der Waals surface area contributed by atoms with Crippen molar-refractivity contribution in [3.63, 3.8) is 0 Å². The van der Waals surface area contributed by atoms with Gasteiger partial charge in [-0.25, -0.2) is 4.98 Å². The summed E-state index contributed by atoms with van der Waals surface area (Å²) in [6, 6.07) is 6.31. The Morgan fingerprint density at radius 2 is 2.09 bits per heavy atom. The number of carbonyl (C=O) groups is 1. The standard InChI is InChI=1S/C18H22N2OS/c1-13-7-6-8-15(14(13)2)20-12-11-19-18(20)22-17-10-5-3-4-9-16(17)21/h6-8,11-12,17H,3-5,9-10H2,1-2H3. The van der Waals surface area contributed by atoms with E-state index < -0.39 is 0 Å². The molecule has 116 valence electrons. The molecule has 22 heavy (non-hydrogen) atoms. The highest BCUT2D eigenvalue weighted by Gasteiger charge is 2.24. The highest BCUT2D eigenvalue weighted by molar-refractivity contribution is 8.00. The number of ketones is 1. The molecule has 1 aromatic carbocycles. The molecule has 3 nitrogen and oxygen atoms in total. The third-order valence-corrected chi connectivity index (χ3v) is 5.73. The average molecular weight is 314 g/mol. The van der Waals surface area contributed by atoms with Crippen molar-refractivity contribution in [2.45, 2.75) is 56.4 Å². The first kappa shape index (κ1) is 15.3. The van der Waals surface area contributed by atoms with Crippen LogP contribution in [0.2, 0.25) is 0 Å². The van der Waals surface area contributed by atoms with E-state index in [0.29, 0.717) is 5.78 Å². The van der Waals surface area contributed by atoms with Gasteiger partial charge in [-0.2, -0.15) is 0 Å². The van der Waals surface area contributed by atoms with Gasteiger partial charge in [-0.15, -0.1) is 0 Å². The molecule has 1 heterocycles. The lowest BCUT2D eigenvalue weighted by Crippen LogP contribution is -2.16. The van der Waals surface area contributed by atoms with Crippen LogP contribution in [0.1, 0.15) is 43.2 Å². The summed E-state index contributed by atoms with van der Waals surface area (Å²) in [6.45, 7) is 4.26. The summed E-state index contributed by atoms with van der Waals surface area (Å²) in [4.78, 5) is 16.7. The van der Waals surface area contributed by atoms with Gasteiger partial charge in [0.2, 0.25) is 0 Å². The van der Waals surface area contributed by atoms with Gasteiger partial charge in [0.25, 0.3) is 0 Å². The molecule has 1 aliphatic rings. The number of imidazole rings is 1. The van der Waals surface area contributed by atoms with Gasteiger partial charge in [0.05, 0.1) is 10.9 Å². The Morgan fingerprint density at radius 1 is 1.23 bits per heavy atom. The van der Waals surface area contributed by atoms with Crippen LogP contribution in [-0.4, -0.2) is 20.6 Å². The molecule has 0 aliphatic heterocycles. The molecule has 1 fully saturated rings. The molecule has 0 saturated heterocycles. The number of aromatic nitrogens is 2. The minimum Gasteiger partial charge on any atom is -0.298 e. The summed E-state index contributed by atoms with van der Waals surface area (Å²) >= 11 is 1.63. The first-order chi connectivity index (χ1) is 10.7. The second kappa shape index (κ2) is 6.69. The molecule has 1 unspecified atom stereocenters. The second-order valence-corrected chi connectivity index (χ2v) is 7.14. The predicted molar refractivity (Wildman–Crippen MR) is 90.8 cm³/mol. The van der Waals surface area contributed by atoms with Crippen molar-refractivity contribution in [1.82, 2.24) is 9.55 Å². The molecule has 1 saturated carbocycles. The molecule has 0 radical (unpaired) electrons.